The number of rotatable bonds is 7. The summed E-state index contributed by atoms with van der Waals surface area (Å²) in [4.78, 5) is 11.5. The van der Waals surface area contributed by atoms with E-state index in [1.165, 1.54) is 6.08 Å². The number of carboxylic acids is 1. The Kier molecular flexibility index (Phi) is 6.30. The van der Waals surface area contributed by atoms with Crippen molar-refractivity contribution in [2.45, 2.75) is 39.5 Å². The molecule has 2 nitrogen and oxygen atoms in total. The van der Waals surface area contributed by atoms with Gasteiger partial charge in [0.15, 0.2) is 0 Å². The fourth-order valence-electron chi connectivity index (χ4n) is 2.71. The van der Waals surface area contributed by atoms with Gasteiger partial charge in [-0.1, -0.05) is 56.7 Å². The van der Waals surface area contributed by atoms with Gasteiger partial charge in [-0.2, -0.15) is 0 Å². The van der Waals surface area contributed by atoms with Crippen LogP contribution in [0.15, 0.2) is 48.3 Å². The SMILES string of the molecule is CCC/C(F)=C\c1ccc(-c2cc(CCC)ccc2C(=O)O)cc1. The van der Waals surface area contributed by atoms with Crippen molar-refractivity contribution in [1.29, 1.82) is 0 Å². The molecular weight excluding hydrogens is 303 g/mol. The minimum Gasteiger partial charge on any atom is -0.478 e. The van der Waals surface area contributed by atoms with E-state index in [9.17, 15) is 14.3 Å². The van der Waals surface area contributed by atoms with Crippen LogP contribution in [0.25, 0.3) is 17.2 Å². The number of benzene rings is 2. The second kappa shape index (κ2) is 8.44. The van der Waals surface area contributed by atoms with Crippen molar-refractivity contribution in [3.8, 4) is 11.1 Å². The summed E-state index contributed by atoms with van der Waals surface area (Å²) in [5.41, 5.74) is 3.73. The first-order valence-corrected chi connectivity index (χ1v) is 8.37. The van der Waals surface area contributed by atoms with Crippen LogP contribution < -0.4 is 0 Å². The lowest BCUT2D eigenvalue weighted by Crippen LogP contribution is -2.00. The van der Waals surface area contributed by atoms with Crippen LogP contribution >= 0.6 is 0 Å². The Bertz CT molecular complexity index is 730. The zero-order valence-electron chi connectivity index (χ0n) is 14.2. The standard InChI is InChI=1S/C21H23FO2/c1-3-5-15-9-12-19(21(23)24)20(14-15)17-10-7-16(8-11-17)13-18(22)6-4-2/h7-14H,3-6H2,1-2H3,(H,23,24)/b18-13+. The summed E-state index contributed by atoms with van der Waals surface area (Å²) in [7, 11) is 0. The van der Waals surface area contributed by atoms with E-state index in [-0.39, 0.29) is 11.4 Å². The Morgan fingerprint density at radius 1 is 1.08 bits per heavy atom. The average Bonchev–Trinajstić information content (AvgIpc) is 2.56. The molecule has 0 aliphatic rings. The molecule has 0 saturated carbocycles. The molecule has 2 rings (SSSR count). The second-order valence-electron chi connectivity index (χ2n) is 5.90. The van der Waals surface area contributed by atoms with Crippen molar-refractivity contribution >= 4 is 12.0 Å². The molecule has 0 fully saturated rings. The average molecular weight is 326 g/mol. The lowest BCUT2D eigenvalue weighted by Gasteiger charge is -2.10. The molecule has 0 aliphatic carbocycles. The molecule has 0 radical (unpaired) electrons. The number of carboxylic acid groups (broad SMARTS) is 1. The Morgan fingerprint density at radius 2 is 1.79 bits per heavy atom. The van der Waals surface area contributed by atoms with Crippen molar-refractivity contribution in [3.05, 3.63) is 65.0 Å². The number of aryl methyl sites for hydroxylation is 1. The van der Waals surface area contributed by atoms with Gasteiger partial charge >= 0.3 is 5.97 Å². The highest BCUT2D eigenvalue weighted by Crippen LogP contribution is 2.27. The first-order valence-electron chi connectivity index (χ1n) is 8.37. The third kappa shape index (κ3) is 4.54. The van der Waals surface area contributed by atoms with Crippen LogP contribution in [0.3, 0.4) is 0 Å². The molecular formula is C21H23FO2. The normalized spacial score (nSPS) is 11.5. The van der Waals surface area contributed by atoms with E-state index in [1.807, 2.05) is 43.3 Å². The lowest BCUT2D eigenvalue weighted by atomic mass is 9.95. The molecule has 126 valence electrons. The van der Waals surface area contributed by atoms with E-state index in [4.69, 9.17) is 0 Å². The highest BCUT2D eigenvalue weighted by Gasteiger charge is 2.12. The Morgan fingerprint density at radius 3 is 2.38 bits per heavy atom. The topological polar surface area (TPSA) is 37.3 Å². The van der Waals surface area contributed by atoms with Gasteiger partial charge in [0.25, 0.3) is 0 Å². The molecule has 0 aliphatic heterocycles. The number of allylic oxidation sites excluding steroid dienone is 1. The van der Waals surface area contributed by atoms with Crippen molar-refractivity contribution in [2.24, 2.45) is 0 Å². The molecule has 0 saturated heterocycles. The summed E-state index contributed by atoms with van der Waals surface area (Å²) < 4.78 is 13.6. The number of carbonyl (C=O) groups is 1. The van der Waals surface area contributed by atoms with Crippen molar-refractivity contribution in [1.82, 2.24) is 0 Å². The van der Waals surface area contributed by atoms with E-state index in [2.05, 4.69) is 6.92 Å². The first-order chi connectivity index (χ1) is 11.5. The minimum atomic E-state index is -0.939. The van der Waals surface area contributed by atoms with Crippen molar-refractivity contribution in [2.75, 3.05) is 0 Å². The third-order valence-corrected chi connectivity index (χ3v) is 3.89. The van der Waals surface area contributed by atoms with Crippen LogP contribution in [0.5, 0.6) is 0 Å². The zero-order chi connectivity index (χ0) is 17.5. The van der Waals surface area contributed by atoms with Gasteiger partial charge in [-0.25, -0.2) is 9.18 Å². The molecule has 0 aromatic heterocycles. The first kappa shape index (κ1) is 17.9. The van der Waals surface area contributed by atoms with Crippen LogP contribution in [0, 0.1) is 0 Å². The monoisotopic (exact) mass is 326 g/mol. The highest BCUT2D eigenvalue weighted by atomic mass is 19.1. The predicted molar refractivity (Wildman–Crippen MR) is 96.8 cm³/mol. The smallest absolute Gasteiger partial charge is 0.336 e. The quantitative estimate of drug-likeness (QED) is 0.666. The van der Waals surface area contributed by atoms with Crippen LogP contribution in [0.4, 0.5) is 4.39 Å². The summed E-state index contributed by atoms with van der Waals surface area (Å²) in [5, 5.41) is 9.42. The van der Waals surface area contributed by atoms with Gasteiger partial charge in [0, 0.05) is 0 Å². The molecule has 24 heavy (non-hydrogen) atoms. The summed E-state index contributed by atoms with van der Waals surface area (Å²) in [5.74, 6) is -1.08. The Balaban J connectivity index is 2.38. The summed E-state index contributed by atoms with van der Waals surface area (Å²) in [6.45, 7) is 4.03. The largest absolute Gasteiger partial charge is 0.478 e. The number of hydrogen-bond acceptors (Lipinski definition) is 1. The van der Waals surface area contributed by atoms with Crippen LogP contribution in [0.2, 0.25) is 0 Å². The number of halogens is 1. The molecule has 3 heteroatoms. The fraction of sp³-hybridized carbons (Fsp3) is 0.286. The van der Waals surface area contributed by atoms with E-state index < -0.39 is 5.97 Å². The maximum atomic E-state index is 13.6. The Hall–Kier alpha value is -2.42. The number of aromatic carboxylic acids is 1. The van der Waals surface area contributed by atoms with Gasteiger partial charge in [0.05, 0.1) is 5.56 Å². The molecule has 0 heterocycles. The van der Waals surface area contributed by atoms with E-state index >= 15 is 0 Å². The lowest BCUT2D eigenvalue weighted by molar-refractivity contribution is 0.0697. The molecule has 0 amide bonds. The fourth-order valence-corrected chi connectivity index (χ4v) is 2.71. The van der Waals surface area contributed by atoms with Crippen molar-refractivity contribution < 1.29 is 14.3 Å². The maximum absolute atomic E-state index is 13.6. The van der Waals surface area contributed by atoms with Gasteiger partial charge in [0.1, 0.15) is 5.83 Å². The predicted octanol–water partition coefficient (Wildman–Crippen LogP) is 6.11. The van der Waals surface area contributed by atoms with E-state index in [1.54, 1.807) is 6.07 Å². The summed E-state index contributed by atoms with van der Waals surface area (Å²) in [6.07, 6.45) is 4.65. The van der Waals surface area contributed by atoms with Gasteiger partial charge < -0.3 is 5.11 Å². The molecule has 0 bridgehead atoms. The van der Waals surface area contributed by atoms with Crippen molar-refractivity contribution in [3.63, 3.8) is 0 Å². The molecule has 0 atom stereocenters. The minimum absolute atomic E-state index is 0.138. The molecule has 2 aromatic rings. The van der Waals surface area contributed by atoms with E-state index in [0.717, 1.165) is 36.0 Å². The molecule has 0 unspecified atom stereocenters. The Labute approximate surface area is 142 Å². The zero-order valence-corrected chi connectivity index (χ0v) is 14.2. The van der Waals surface area contributed by atoms with Gasteiger partial charge in [0.2, 0.25) is 0 Å². The van der Waals surface area contributed by atoms with E-state index in [0.29, 0.717) is 12.0 Å². The van der Waals surface area contributed by atoms with Gasteiger partial charge in [-0.3, -0.25) is 0 Å². The van der Waals surface area contributed by atoms with Crippen LogP contribution in [-0.4, -0.2) is 11.1 Å². The van der Waals surface area contributed by atoms with Gasteiger partial charge in [-0.05, 0) is 53.7 Å². The van der Waals surface area contributed by atoms with Crippen LogP contribution in [-0.2, 0) is 6.42 Å². The second-order valence-corrected chi connectivity index (χ2v) is 5.90. The molecule has 0 spiro atoms. The summed E-state index contributed by atoms with van der Waals surface area (Å²) in [6, 6.07) is 12.8. The highest BCUT2D eigenvalue weighted by molar-refractivity contribution is 5.96. The molecule has 2 aromatic carbocycles. The molecule has 1 N–H and O–H groups in total. The van der Waals surface area contributed by atoms with Gasteiger partial charge in [-0.15, -0.1) is 0 Å². The van der Waals surface area contributed by atoms with Crippen LogP contribution in [0.1, 0.15) is 54.6 Å². The third-order valence-electron chi connectivity index (χ3n) is 3.89. The summed E-state index contributed by atoms with van der Waals surface area (Å²) >= 11 is 0. The maximum Gasteiger partial charge on any atom is 0.336 e. The number of hydrogen-bond donors (Lipinski definition) is 1.